The van der Waals surface area contributed by atoms with Gasteiger partial charge in [0.1, 0.15) is 11.5 Å². The number of hydrogen-bond acceptors (Lipinski definition) is 3. The molecule has 1 heterocycles. The molecular weight excluding hydrogens is 358 g/mol. The van der Waals surface area contributed by atoms with Crippen LogP contribution in [-0.2, 0) is 4.79 Å². The second kappa shape index (κ2) is 7.85. The van der Waals surface area contributed by atoms with Crippen LogP contribution in [0.1, 0.15) is 62.0 Å². The lowest BCUT2D eigenvalue weighted by molar-refractivity contribution is -0.120. The normalized spacial score (nSPS) is 20.2. The van der Waals surface area contributed by atoms with Gasteiger partial charge in [-0.1, -0.05) is 31.2 Å². The van der Waals surface area contributed by atoms with Crippen LogP contribution in [0.25, 0.3) is 0 Å². The first-order valence-electron chi connectivity index (χ1n) is 11.3. The van der Waals surface area contributed by atoms with Gasteiger partial charge in [0, 0.05) is 37.0 Å². The summed E-state index contributed by atoms with van der Waals surface area (Å²) in [6, 6.07) is 17.6. The number of nitrogens with zero attached hydrogens (tertiary/aromatic N) is 1. The molecule has 0 amide bonds. The van der Waals surface area contributed by atoms with E-state index in [1.807, 2.05) is 0 Å². The zero-order chi connectivity index (χ0) is 19.8. The van der Waals surface area contributed by atoms with E-state index < -0.39 is 0 Å². The van der Waals surface area contributed by atoms with Crippen LogP contribution in [0.5, 0.6) is 5.75 Å². The molecule has 1 saturated heterocycles. The summed E-state index contributed by atoms with van der Waals surface area (Å²) in [6.07, 6.45) is 5.57. The highest BCUT2D eigenvalue weighted by molar-refractivity contribution is 5.83. The van der Waals surface area contributed by atoms with E-state index >= 15 is 0 Å². The predicted octanol–water partition coefficient (Wildman–Crippen LogP) is 5.55. The van der Waals surface area contributed by atoms with Crippen molar-refractivity contribution in [2.45, 2.75) is 50.9 Å². The second-order valence-electron chi connectivity index (χ2n) is 9.36. The molecular formula is C26H31NO2. The van der Waals surface area contributed by atoms with Crippen LogP contribution in [0.3, 0.4) is 0 Å². The number of ketones is 1. The molecule has 1 aliphatic heterocycles. The van der Waals surface area contributed by atoms with Gasteiger partial charge in [-0.2, -0.15) is 0 Å². The molecule has 29 heavy (non-hydrogen) atoms. The van der Waals surface area contributed by atoms with E-state index in [9.17, 15) is 4.79 Å². The number of ether oxygens (including phenoxy) is 1. The van der Waals surface area contributed by atoms with Crippen molar-refractivity contribution in [3.8, 4) is 5.75 Å². The number of hydrogen-bond donors (Lipinski definition) is 0. The summed E-state index contributed by atoms with van der Waals surface area (Å²) in [4.78, 5) is 14.5. The Bertz CT molecular complexity index is 843. The van der Waals surface area contributed by atoms with Crippen LogP contribution in [0.4, 0.5) is 5.69 Å². The lowest BCUT2D eigenvalue weighted by Gasteiger charge is -2.41. The molecule has 0 bridgehead atoms. The van der Waals surface area contributed by atoms with Crippen LogP contribution in [0.15, 0.2) is 48.5 Å². The van der Waals surface area contributed by atoms with E-state index in [1.54, 1.807) is 0 Å². The summed E-state index contributed by atoms with van der Waals surface area (Å²) in [5, 5.41) is 0. The topological polar surface area (TPSA) is 29.5 Å². The third kappa shape index (κ3) is 4.49. The fourth-order valence-corrected chi connectivity index (χ4v) is 4.24. The Kier molecular flexibility index (Phi) is 5.07. The molecule has 0 N–H and O–H groups in total. The fourth-order valence-electron chi connectivity index (χ4n) is 4.24. The van der Waals surface area contributed by atoms with Gasteiger partial charge in [-0.05, 0) is 72.9 Å². The fraction of sp³-hybridized carbons (Fsp3) is 0.500. The third-order valence-electron chi connectivity index (χ3n) is 6.78. The van der Waals surface area contributed by atoms with Crippen LogP contribution in [-0.4, -0.2) is 25.5 Å². The van der Waals surface area contributed by atoms with Gasteiger partial charge < -0.3 is 9.64 Å². The summed E-state index contributed by atoms with van der Waals surface area (Å²) in [5.41, 5.74) is 3.99. The maximum Gasteiger partial charge on any atom is 0.136 e. The summed E-state index contributed by atoms with van der Waals surface area (Å²) in [6.45, 7) is 5.18. The van der Waals surface area contributed by atoms with Crippen LogP contribution in [0, 0.1) is 11.8 Å². The van der Waals surface area contributed by atoms with E-state index in [4.69, 9.17) is 4.74 Å². The van der Waals surface area contributed by atoms with E-state index in [2.05, 4.69) is 60.4 Å². The molecule has 0 spiro atoms. The molecule has 0 aromatic heterocycles. The Balaban J connectivity index is 1.12. The van der Waals surface area contributed by atoms with Crippen LogP contribution >= 0.6 is 0 Å². The van der Waals surface area contributed by atoms with Gasteiger partial charge in [0.2, 0.25) is 0 Å². The standard InChI is InChI=1S/C26H31NO2/c1-18(14-26(28)22-8-9-22)20-4-6-21(7-5-20)23-15-27(16-23)24-10-12-25(13-11-24)29-17-19-2-3-19/h4-7,10-13,18-19,22-23H,2-3,8-9,14-17H2,1H3/t18-/m1/s1. The van der Waals surface area contributed by atoms with Crippen molar-refractivity contribution < 1.29 is 9.53 Å². The Morgan fingerprint density at radius 1 is 1.00 bits per heavy atom. The maximum atomic E-state index is 12.1. The summed E-state index contributed by atoms with van der Waals surface area (Å²) in [7, 11) is 0. The lowest BCUT2D eigenvalue weighted by atomic mass is 9.88. The monoisotopic (exact) mass is 389 g/mol. The van der Waals surface area contributed by atoms with Crippen molar-refractivity contribution in [3.63, 3.8) is 0 Å². The molecule has 152 valence electrons. The van der Waals surface area contributed by atoms with Gasteiger partial charge in [-0.15, -0.1) is 0 Å². The minimum absolute atomic E-state index is 0.329. The van der Waals surface area contributed by atoms with Crippen molar-refractivity contribution >= 4 is 11.5 Å². The molecule has 1 atom stereocenters. The van der Waals surface area contributed by atoms with Gasteiger partial charge in [0.05, 0.1) is 6.61 Å². The average Bonchev–Trinajstić information content (AvgIpc) is 3.60. The minimum atomic E-state index is 0.329. The highest BCUT2D eigenvalue weighted by Gasteiger charge is 2.31. The molecule has 2 aromatic rings. The van der Waals surface area contributed by atoms with Crippen molar-refractivity contribution in [1.82, 2.24) is 0 Å². The number of carbonyl (C=O) groups excluding carboxylic acids is 1. The molecule has 3 aliphatic rings. The quantitative estimate of drug-likeness (QED) is 0.563. The lowest BCUT2D eigenvalue weighted by Crippen LogP contribution is -2.45. The number of carbonyl (C=O) groups is 1. The number of anilines is 1. The number of benzene rings is 2. The number of rotatable bonds is 9. The molecule has 2 saturated carbocycles. The van der Waals surface area contributed by atoms with E-state index in [0.29, 0.717) is 30.0 Å². The summed E-state index contributed by atoms with van der Waals surface area (Å²) < 4.78 is 5.84. The van der Waals surface area contributed by atoms with Crippen molar-refractivity contribution in [1.29, 1.82) is 0 Å². The molecule has 0 radical (unpaired) electrons. The van der Waals surface area contributed by atoms with Crippen molar-refractivity contribution in [2.75, 3.05) is 24.6 Å². The first kappa shape index (κ1) is 18.7. The molecule has 3 nitrogen and oxygen atoms in total. The Morgan fingerprint density at radius 2 is 1.69 bits per heavy atom. The SMILES string of the molecule is C[C@H](CC(=O)C1CC1)c1ccc(C2CN(c3ccc(OCC4CC4)cc3)C2)cc1. The van der Waals surface area contributed by atoms with E-state index in [0.717, 1.165) is 44.2 Å². The van der Waals surface area contributed by atoms with Gasteiger partial charge in [-0.25, -0.2) is 0 Å². The molecule has 3 fully saturated rings. The average molecular weight is 390 g/mol. The van der Waals surface area contributed by atoms with Crippen LogP contribution < -0.4 is 9.64 Å². The zero-order valence-electron chi connectivity index (χ0n) is 17.3. The highest BCUT2D eigenvalue weighted by atomic mass is 16.5. The van der Waals surface area contributed by atoms with Gasteiger partial charge >= 0.3 is 0 Å². The zero-order valence-corrected chi connectivity index (χ0v) is 17.3. The Labute approximate surface area is 174 Å². The van der Waals surface area contributed by atoms with E-state index in [-0.39, 0.29) is 0 Å². The summed E-state index contributed by atoms with van der Waals surface area (Å²) in [5.74, 6) is 3.53. The maximum absolute atomic E-state index is 12.1. The van der Waals surface area contributed by atoms with Crippen molar-refractivity contribution in [2.24, 2.45) is 11.8 Å². The predicted molar refractivity (Wildman–Crippen MR) is 117 cm³/mol. The van der Waals surface area contributed by atoms with Crippen molar-refractivity contribution in [3.05, 3.63) is 59.7 Å². The number of Topliss-reactive ketones (excluding diaryl/α,β-unsaturated/α-hetero) is 1. The molecule has 2 aromatic carbocycles. The van der Waals surface area contributed by atoms with Gasteiger partial charge in [0.15, 0.2) is 0 Å². The molecule has 5 rings (SSSR count). The third-order valence-corrected chi connectivity index (χ3v) is 6.78. The van der Waals surface area contributed by atoms with Gasteiger partial charge in [0.25, 0.3) is 0 Å². The molecule has 0 unspecified atom stereocenters. The largest absolute Gasteiger partial charge is 0.493 e. The molecule has 2 aliphatic carbocycles. The first-order valence-corrected chi connectivity index (χ1v) is 11.3. The molecule has 3 heteroatoms. The smallest absolute Gasteiger partial charge is 0.136 e. The van der Waals surface area contributed by atoms with Crippen LogP contribution in [0.2, 0.25) is 0 Å². The Morgan fingerprint density at radius 3 is 2.31 bits per heavy atom. The second-order valence-corrected chi connectivity index (χ2v) is 9.36. The van der Waals surface area contributed by atoms with E-state index in [1.165, 1.54) is 29.7 Å². The first-order chi connectivity index (χ1) is 14.2. The highest BCUT2D eigenvalue weighted by Crippen LogP contribution is 2.36. The van der Waals surface area contributed by atoms with Gasteiger partial charge in [-0.3, -0.25) is 4.79 Å². The Hall–Kier alpha value is -2.29. The summed E-state index contributed by atoms with van der Waals surface area (Å²) >= 11 is 0. The minimum Gasteiger partial charge on any atom is -0.493 e.